The Morgan fingerprint density at radius 1 is 0.323 bits per heavy atom. The standard InChI is InChI=1S/C26H52BrCl3Si/c27-25-23-21-19-17-15-13-11-9-7-5-3-1-2-4-6-8-10-12-14-16-18-20-22-24-26-31(28,29)30/h1-26H2. The summed E-state index contributed by atoms with van der Waals surface area (Å²) in [7, 11) is 0. The molecule has 0 fully saturated rings. The average Bonchev–Trinajstić information content (AvgIpc) is 2.73. The highest BCUT2D eigenvalue weighted by molar-refractivity contribution is 9.09. The van der Waals surface area contributed by atoms with E-state index >= 15 is 0 Å². The Labute approximate surface area is 219 Å². The highest BCUT2D eigenvalue weighted by Gasteiger charge is 2.23. The molecule has 0 aliphatic rings. The van der Waals surface area contributed by atoms with Crippen LogP contribution in [0.25, 0.3) is 0 Å². The zero-order valence-corrected chi connectivity index (χ0v) is 25.3. The number of unbranched alkanes of at least 4 members (excludes halogenated alkanes) is 23. The molecule has 0 aromatic heterocycles. The van der Waals surface area contributed by atoms with Gasteiger partial charge in [0.1, 0.15) is 0 Å². The summed E-state index contributed by atoms with van der Waals surface area (Å²) in [5, 5.41) is 1.18. The van der Waals surface area contributed by atoms with Crippen LogP contribution in [-0.2, 0) is 0 Å². The molecule has 0 amide bonds. The summed E-state index contributed by atoms with van der Waals surface area (Å²) in [5.74, 6) is 0. The summed E-state index contributed by atoms with van der Waals surface area (Å²) < 4.78 is 0. The highest BCUT2D eigenvalue weighted by Crippen LogP contribution is 2.27. The topological polar surface area (TPSA) is 0 Å². The highest BCUT2D eigenvalue weighted by atomic mass is 79.9. The molecule has 0 atom stereocenters. The van der Waals surface area contributed by atoms with Gasteiger partial charge in [0, 0.05) is 5.33 Å². The van der Waals surface area contributed by atoms with Crippen molar-refractivity contribution >= 4 is 55.2 Å². The molecule has 0 nitrogen and oxygen atoms in total. The zero-order chi connectivity index (χ0) is 22.9. The molecule has 0 radical (unpaired) electrons. The van der Waals surface area contributed by atoms with Crippen LogP contribution in [0.5, 0.6) is 0 Å². The van der Waals surface area contributed by atoms with E-state index in [9.17, 15) is 0 Å². The minimum absolute atomic E-state index is 0.829. The molecule has 0 aromatic carbocycles. The molecular formula is C26H52BrCl3Si. The minimum Gasteiger partial charge on any atom is -0.126 e. The van der Waals surface area contributed by atoms with Gasteiger partial charge in [-0.15, -0.1) is 33.2 Å². The van der Waals surface area contributed by atoms with E-state index in [0.717, 1.165) is 12.5 Å². The van der Waals surface area contributed by atoms with Crippen LogP contribution in [0.15, 0.2) is 0 Å². The first-order chi connectivity index (χ1) is 15.1. The van der Waals surface area contributed by atoms with Crippen LogP contribution in [-0.4, -0.2) is 11.3 Å². The van der Waals surface area contributed by atoms with Crippen molar-refractivity contribution in [3.63, 3.8) is 0 Å². The van der Waals surface area contributed by atoms with Crippen molar-refractivity contribution in [1.29, 1.82) is 0 Å². The van der Waals surface area contributed by atoms with Crippen molar-refractivity contribution < 1.29 is 0 Å². The number of rotatable bonds is 26. The fourth-order valence-electron chi connectivity index (χ4n) is 4.31. The van der Waals surface area contributed by atoms with Gasteiger partial charge in [0.2, 0.25) is 0 Å². The molecule has 0 bridgehead atoms. The summed E-state index contributed by atoms with van der Waals surface area (Å²) in [5.41, 5.74) is 0. The van der Waals surface area contributed by atoms with Gasteiger partial charge in [-0.05, 0) is 12.5 Å². The maximum atomic E-state index is 5.91. The van der Waals surface area contributed by atoms with Crippen LogP contribution in [0, 0.1) is 0 Å². The second-order valence-electron chi connectivity index (χ2n) is 9.54. The molecule has 0 rings (SSSR count). The van der Waals surface area contributed by atoms with Crippen LogP contribution >= 0.6 is 49.2 Å². The van der Waals surface area contributed by atoms with Gasteiger partial charge >= 0.3 is 6.00 Å². The monoisotopic (exact) mass is 576 g/mol. The number of alkyl halides is 1. The summed E-state index contributed by atoms with van der Waals surface area (Å²) in [6.45, 7) is 0. The molecule has 188 valence electrons. The molecule has 0 aliphatic carbocycles. The van der Waals surface area contributed by atoms with E-state index in [1.807, 2.05) is 0 Å². The van der Waals surface area contributed by atoms with Crippen LogP contribution in [0.1, 0.15) is 154 Å². The molecule has 0 saturated heterocycles. The summed E-state index contributed by atoms with van der Waals surface area (Å²) >= 11 is 21.2. The van der Waals surface area contributed by atoms with Gasteiger partial charge in [0.25, 0.3) is 0 Å². The van der Waals surface area contributed by atoms with Crippen molar-refractivity contribution in [2.24, 2.45) is 0 Å². The normalized spacial score (nSPS) is 12.0. The van der Waals surface area contributed by atoms with Crippen LogP contribution in [0.3, 0.4) is 0 Å². The predicted octanol–water partition coefficient (Wildman–Crippen LogP) is 12.4. The minimum atomic E-state index is -2.36. The van der Waals surface area contributed by atoms with Crippen molar-refractivity contribution in [3.05, 3.63) is 0 Å². The molecule has 0 unspecified atom stereocenters. The molecule has 0 spiro atoms. The van der Waals surface area contributed by atoms with Crippen LogP contribution in [0.4, 0.5) is 0 Å². The largest absolute Gasteiger partial charge is 0.341 e. The Hall–Kier alpha value is 1.57. The van der Waals surface area contributed by atoms with Gasteiger partial charge in [-0.1, -0.05) is 164 Å². The number of halogens is 4. The second-order valence-corrected chi connectivity index (χ2v) is 19.6. The van der Waals surface area contributed by atoms with E-state index in [2.05, 4.69) is 15.9 Å². The first kappa shape index (κ1) is 32.6. The molecule has 0 aromatic rings. The second kappa shape index (κ2) is 26.2. The third kappa shape index (κ3) is 31.6. The molecule has 31 heavy (non-hydrogen) atoms. The van der Waals surface area contributed by atoms with Gasteiger partial charge in [0.15, 0.2) is 0 Å². The van der Waals surface area contributed by atoms with E-state index in [-0.39, 0.29) is 0 Å². The van der Waals surface area contributed by atoms with Crippen molar-refractivity contribution in [3.8, 4) is 0 Å². The first-order valence-corrected chi connectivity index (χ1v) is 20.1. The van der Waals surface area contributed by atoms with Crippen LogP contribution < -0.4 is 0 Å². The maximum Gasteiger partial charge on any atom is 0.341 e. The van der Waals surface area contributed by atoms with E-state index in [0.29, 0.717) is 0 Å². The van der Waals surface area contributed by atoms with Crippen molar-refractivity contribution in [2.45, 2.75) is 160 Å². The lowest BCUT2D eigenvalue weighted by Crippen LogP contribution is -2.07. The summed E-state index contributed by atoms with van der Waals surface area (Å²) in [6.07, 6.45) is 33.9. The fraction of sp³-hybridized carbons (Fsp3) is 1.00. The molecule has 0 saturated carbocycles. The van der Waals surface area contributed by atoms with Gasteiger partial charge in [0.05, 0.1) is 0 Å². The molecule has 0 aliphatic heterocycles. The third-order valence-corrected chi connectivity index (χ3v) is 9.53. The SMILES string of the molecule is Cl[Si](Cl)(Cl)CCCCCCCCCCCCCCCCCCCCCCCCCCBr. The van der Waals surface area contributed by atoms with E-state index in [1.54, 1.807) is 0 Å². The Kier molecular flexibility index (Phi) is 27.5. The number of hydrogen-bond donors (Lipinski definition) is 0. The van der Waals surface area contributed by atoms with Gasteiger partial charge in [-0.2, -0.15) is 0 Å². The average molecular weight is 579 g/mol. The number of hydrogen-bond acceptors (Lipinski definition) is 0. The lowest BCUT2D eigenvalue weighted by molar-refractivity contribution is 0.518. The van der Waals surface area contributed by atoms with Gasteiger partial charge in [-0.25, -0.2) is 0 Å². The van der Waals surface area contributed by atoms with E-state index in [1.165, 1.54) is 153 Å². The van der Waals surface area contributed by atoms with Gasteiger partial charge < -0.3 is 0 Å². The molecule has 0 heterocycles. The van der Waals surface area contributed by atoms with Crippen molar-refractivity contribution in [2.75, 3.05) is 5.33 Å². The molecular weight excluding hydrogens is 527 g/mol. The van der Waals surface area contributed by atoms with Crippen LogP contribution in [0.2, 0.25) is 6.04 Å². The molecule has 5 heteroatoms. The maximum absolute atomic E-state index is 5.91. The van der Waals surface area contributed by atoms with E-state index in [4.69, 9.17) is 33.2 Å². The van der Waals surface area contributed by atoms with E-state index < -0.39 is 6.00 Å². The third-order valence-electron chi connectivity index (χ3n) is 6.34. The fourth-order valence-corrected chi connectivity index (χ4v) is 6.56. The quantitative estimate of drug-likeness (QED) is 0.0414. The Morgan fingerprint density at radius 3 is 0.710 bits per heavy atom. The van der Waals surface area contributed by atoms with Gasteiger partial charge in [-0.3, -0.25) is 0 Å². The summed E-state index contributed by atoms with van der Waals surface area (Å²) in [4.78, 5) is 0. The first-order valence-electron chi connectivity index (χ1n) is 13.7. The smallest absolute Gasteiger partial charge is 0.126 e. The molecule has 0 N–H and O–H groups in total. The van der Waals surface area contributed by atoms with Crippen molar-refractivity contribution in [1.82, 2.24) is 0 Å². The Bertz CT molecular complexity index is 337. The lowest BCUT2D eigenvalue weighted by atomic mass is 10.0. The Morgan fingerprint density at radius 2 is 0.516 bits per heavy atom. The lowest BCUT2D eigenvalue weighted by Gasteiger charge is -2.07. The Balaban J connectivity index is 3.02. The summed E-state index contributed by atoms with van der Waals surface area (Å²) in [6, 6.07) is -1.53. The predicted molar refractivity (Wildman–Crippen MR) is 153 cm³/mol. The zero-order valence-electron chi connectivity index (χ0n) is 20.4.